The number of likely N-dealkylation sites (tertiary alicyclic amines) is 1. The first kappa shape index (κ1) is 40.6. The largest absolute Gasteiger partial charge is 0.506 e. The number of fused-ring (bicyclic) bond motifs is 1. The smallest absolute Gasteiger partial charge is 0.411 e. The Morgan fingerprint density at radius 2 is 1.63 bits per heavy atom. The van der Waals surface area contributed by atoms with Gasteiger partial charge < -0.3 is 40.4 Å². The predicted octanol–water partition coefficient (Wildman–Crippen LogP) is 6.00. The van der Waals surface area contributed by atoms with Crippen LogP contribution in [-0.4, -0.2) is 88.8 Å². The van der Waals surface area contributed by atoms with E-state index in [1.807, 2.05) is 78.9 Å². The average Bonchev–Trinajstić information content (AvgIpc) is 3.22. The van der Waals surface area contributed by atoms with Crippen LogP contribution < -0.4 is 21.5 Å². The van der Waals surface area contributed by atoms with E-state index in [1.54, 1.807) is 24.1 Å². The van der Waals surface area contributed by atoms with E-state index in [9.17, 15) is 29.4 Å². The van der Waals surface area contributed by atoms with Gasteiger partial charge in [0.1, 0.15) is 11.9 Å². The highest BCUT2D eigenvalue weighted by Gasteiger charge is 2.24. The van der Waals surface area contributed by atoms with E-state index in [0.29, 0.717) is 67.6 Å². The number of para-hydroxylation sites is 1. The van der Waals surface area contributed by atoms with Gasteiger partial charge in [0.05, 0.1) is 17.3 Å². The lowest BCUT2D eigenvalue weighted by Gasteiger charge is -2.31. The number of benzene rings is 4. The summed E-state index contributed by atoms with van der Waals surface area (Å²) in [7, 11) is 1.76. The van der Waals surface area contributed by atoms with Crippen molar-refractivity contribution in [2.75, 3.05) is 50.4 Å². The molecule has 1 fully saturated rings. The molecular weight excluding hydrogens is 725 g/mol. The maximum Gasteiger partial charge on any atom is 0.411 e. The molecule has 2 heterocycles. The minimum absolute atomic E-state index is 0.0229. The van der Waals surface area contributed by atoms with Gasteiger partial charge in [0.15, 0.2) is 0 Å². The maximum absolute atomic E-state index is 12.8. The number of carbonyl (C=O) groups is 3. The van der Waals surface area contributed by atoms with Crippen molar-refractivity contribution in [1.82, 2.24) is 20.1 Å². The number of H-pyrrole nitrogens is 1. The lowest BCUT2D eigenvalue weighted by molar-refractivity contribution is -0.130. The van der Waals surface area contributed by atoms with E-state index < -0.39 is 12.2 Å². The summed E-state index contributed by atoms with van der Waals surface area (Å²) in [4.78, 5) is 56.4. The number of hydrogen-bond acceptors (Lipinski definition) is 9. The van der Waals surface area contributed by atoms with Crippen LogP contribution in [0, 0.1) is 0 Å². The van der Waals surface area contributed by atoms with Gasteiger partial charge in [0, 0.05) is 81.9 Å². The zero-order valence-electron chi connectivity index (χ0n) is 32.1. The van der Waals surface area contributed by atoms with Crippen molar-refractivity contribution in [2.45, 2.75) is 50.9 Å². The van der Waals surface area contributed by atoms with Crippen LogP contribution in [0.15, 0.2) is 108 Å². The Kier molecular flexibility index (Phi) is 14.1. The summed E-state index contributed by atoms with van der Waals surface area (Å²) >= 11 is 0. The minimum atomic E-state index is -0.867. The van der Waals surface area contributed by atoms with Crippen LogP contribution in [0.2, 0.25) is 0 Å². The number of piperidine rings is 1. The second-order valence-corrected chi connectivity index (χ2v) is 14.3. The molecule has 3 amide bonds. The van der Waals surface area contributed by atoms with Crippen molar-refractivity contribution in [3.8, 4) is 16.9 Å². The molecule has 6 rings (SSSR count). The molecule has 5 aromatic rings. The number of aromatic nitrogens is 1. The molecular formula is C44H50N6O7. The fourth-order valence-electron chi connectivity index (χ4n) is 6.99. The van der Waals surface area contributed by atoms with Gasteiger partial charge in [-0.3, -0.25) is 19.7 Å². The fourth-order valence-corrected chi connectivity index (χ4v) is 6.99. The van der Waals surface area contributed by atoms with E-state index in [-0.39, 0.29) is 47.7 Å². The molecule has 298 valence electrons. The normalized spacial score (nSPS) is 13.9. The fraction of sp³-hybridized carbons (Fsp3) is 0.318. The Balaban J connectivity index is 0.831. The lowest BCUT2D eigenvalue weighted by Crippen LogP contribution is -2.40. The van der Waals surface area contributed by atoms with Gasteiger partial charge in [-0.1, -0.05) is 66.7 Å². The van der Waals surface area contributed by atoms with E-state index in [4.69, 9.17) is 4.74 Å². The van der Waals surface area contributed by atoms with Gasteiger partial charge in [-0.2, -0.15) is 0 Å². The van der Waals surface area contributed by atoms with E-state index in [2.05, 4.69) is 25.8 Å². The first-order valence-electron chi connectivity index (χ1n) is 19.3. The molecule has 0 unspecified atom stereocenters. The number of amides is 3. The Bertz CT molecular complexity index is 2190. The molecule has 0 bridgehead atoms. The molecule has 1 saturated heterocycles. The van der Waals surface area contributed by atoms with Crippen LogP contribution in [0.5, 0.6) is 5.75 Å². The van der Waals surface area contributed by atoms with Crippen molar-refractivity contribution in [2.24, 2.45) is 0 Å². The summed E-state index contributed by atoms with van der Waals surface area (Å²) < 4.78 is 5.75. The van der Waals surface area contributed by atoms with Crippen LogP contribution in [0.4, 0.5) is 16.2 Å². The van der Waals surface area contributed by atoms with Crippen LogP contribution in [0.25, 0.3) is 22.0 Å². The number of aliphatic hydroxyl groups is 1. The second-order valence-electron chi connectivity index (χ2n) is 14.3. The second kappa shape index (κ2) is 19.7. The summed E-state index contributed by atoms with van der Waals surface area (Å²) in [5, 5.41) is 30.5. The molecule has 6 N–H and O–H groups in total. The molecule has 0 saturated carbocycles. The quantitative estimate of drug-likeness (QED) is 0.0702. The highest BCUT2D eigenvalue weighted by molar-refractivity contribution is 5.92. The molecule has 1 atom stereocenters. The number of hydrogen-bond donors (Lipinski definition) is 6. The van der Waals surface area contributed by atoms with E-state index in [1.165, 1.54) is 12.1 Å². The lowest BCUT2D eigenvalue weighted by atomic mass is 10.0. The third-order valence-electron chi connectivity index (χ3n) is 10.2. The van der Waals surface area contributed by atoms with Gasteiger partial charge in [-0.25, -0.2) is 4.79 Å². The van der Waals surface area contributed by atoms with Crippen LogP contribution in [0.3, 0.4) is 0 Å². The third-order valence-corrected chi connectivity index (χ3v) is 10.2. The van der Waals surface area contributed by atoms with E-state index in [0.717, 1.165) is 29.8 Å². The summed E-state index contributed by atoms with van der Waals surface area (Å²) in [6, 6.07) is 31.0. The summed E-state index contributed by atoms with van der Waals surface area (Å²) in [6.07, 6.45) is 1.05. The zero-order valence-corrected chi connectivity index (χ0v) is 32.1. The SMILES string of the molecule is CN(CCCC(=O)Nc1ccc(CNC[C@H](O)c2ccc(O)c3[nH]c(=O)ccc23)cc1)C(=O)CCN1CCC(OC(=O)Nc2ccccc2-c2ccccc2)CC1. The molecule has 0 spiro atoms. The Morgan fingerprint density at radius 1 is 0.895 bits per heavy atom. The van der Waals surface area contributed by atoms with Crippen molar-refractivity contribution in [3.05, 3.63) is 125 Å². The van der Waals surface area contributed by atoms with Crippen molar-refractivity contribution in [3.63, 3.8) is 0 Å². The van der Waals surface area contributed by atoms with Crippen LogP contribution in [0.1, 0.15) is 49.3 Å². The molecule has 1 aromatic heterocycles. The Morgan fingerprint density at radius 3 is 2.40 bits per heavy atom. The molecule has 57 heavy (non-hydrogen) atoms. The Labute approximate surface area is 331 Å². The predicted molar refractivity (Wildman–Crippen MR) is 221 cm³/mol. The number of pyridine rings is 1. The number of anilines is 2. The van der Waals surface area contributed by atoms with Gasteiger partial charge in [0.25, 0.3) is 0 Å². The van der Waals surface area contributed by atoms with Crippen molar-refractivity contribution >= 4 is 40.2 Å². The van der Waals surface area contributed by atoms with Gasteiger partial charge >= 0.3 is 6.09 Å². The van der Waals surface area contributed by atoms with Gasteiger partial charge in [-0.15, -0.1) is 0 Å². The number of aromatic amines is 1. The first-order valence-corrected chi connectivity index (χ1v) is 19.3. The highest BCUT2D eigenvalue weighted by atomic mass is 16.6. The molecule has 1 aliphatic heterocycles. The number of rotatable bonds is 16. The molecule has 1 aliphatic rings. The first-order chi connectivity index (χ1) is 27.6. The number of aromatic hydroxyl groups is 1. The number of carbonyl (C=O) groups excluding carboxylic acids is 3. The number of ether oxygens (including phenoxy) is 1. The number of nitrogens with zero attached hydrogens (tertiary/aromatic N) is 2. The Hall–Kier alpha value is -6.02. The molecule has 0 aliphatic carbocycles. The summed E-state index contributed by atoms with van der Waals surface area (Å²) in [5.74, 6) is -0.170. The number of phenolic OH excluding ortho intramolecular Hbond substituents is 1. The molecule has 13 heteroatoms. The van der Waals surface area contributed by atoms with Gasteiger partial charge in [-0.05, 0) is 66.3 Å². The van der Waals surface area contributed by atoms with Crippen LogP contribution >= 0.6 is 0 Å². The van der Waals surface area contributed by atoms with Gasteiger partial charge in [0.2, 0.25) is 17.4 Å². The number of nitrogens with one attached hydrogen (secondary N) is 4. The van der Waals surface area contributed by atoms with Crippen molar-refractivity contribution < 1.29 is 29.3 Å². The standard InChI is InChI=1S/C44H50N6O7/c1-49(42(55)23-27-50-25-21-33(22-26-50)57-44(56)47-37-11-6-5-10-34(37)31-8-3-2-4-9-31)24-7-12-40(53)46-32-15-13-30(14-16-32)28-45-29-39(52)35-17-19-38(51)43-36(35)18-20-41(54)48-43/h2-6,8-11,13-20,33,39,45,51-52H,7,12,21-29H2,1H3,(H,46,53)(H,47,56)(H,48,54)/t39-/m0/s1. The molecule has 0 radical (unpaired) electrons. The number of aliphatic hydroxyl groups excluding tert-OH is 1. The minimum Gasteiger partial charge on any atom is -0.506 e. The van der Waals surface area contributed by atoms with Crippen molar-refractivity contribution in [1.29, 1.82) is 0 Å². The average molecular weight is 775 g/mol. The highest BCUT2D eigenvalue weighted by Crippen LogP contribution is 2.29. The third kappa shape index (κ3) is 11.5. The monoisotopic (exact) mass is 774 g/mol. The van der Waals surface area contributed by atoms with Crippen LogP contribution in [-0.2, 0) is 20.9 Å². The summed E-state index contributed by atoms with van der Waals surface area (Å²) in [5.41, 5.74) is 4.80. The topological polar surface area (TPSA) is 176 Å². The van der Waals surface area contributed by atoms with E-state index >= 15 is 0 Å². The molecule has 4 aromatic carbocycles. The number of phenols is 1. The molecule has 13 nitrogen and oxygen atoms in total. The zero-order chi connectivity index (χ0) is 40.1. The maximum atomic E-state index is 12.8. The summed E-state index contributed by atoms with van der Waals surface area (Å²) in [6.45, 7) is 3.29.